The third-order valence-corrected chi connectivity index (χ3v) is 19.8. The lowest BCUT2D eigenvalue weighted by Crippen LogP contribution is -2.57. The molecule has 0 saturated carbocycles. The molecule has 1 saturated heterocycles. The molecule has 35 nitrogen and oxygen atoms in total. The average Bonchev–Trinajstić information content (AvgIpc) is 1.60. The fourth-order valence-corrected chi connectivity index (χ4v) is 13.5. The average molecular weight is 1560 g/mol. The van der Waals surface area contributed by atoms with Gasteiger partial charge in [0.1, 0.15) is 31.3 Å². The van der Waals surface area contributed by atoms with Gasteiger partial charge in [0.25, 0.3) is 10.0 Å². The molecule has 3 aliphatic rings. The summed E-state index contributed by atoms with van der Waals surface area (Å²) >= 11 is 0. The summed E-state index contributed by atoms with van der Waals surface area (Å²) in [6.07, 6.45) is 1.15. The molecule has 11 N–H and O–H groups in total. The number of nitrogens with zero attached hydrogens (tertiary/aromatic N) is 7. The standard InChI is InChI=1S/C75H93N15O20S/c1-10-31-76-73(104)78-48-19-16-21-50(34-48)111(107,108)84-49-20-15-18-44(33-49)55(35-64(95)96)82-74(105)77-46-26-28-47(29-27-46)79-75(106)88(9)41-63(94)87(8)40-62(93)86(7)39-61(92)85(6)38-60(91)80-56(36-65(97)98)70(101)89-32-17-24-58(89)68(99)83-66(43(4)5)72(103)110-59(12-3)71(102)109-42-45-25-30-57-67-53(37-90(57)69(45)100)51(11-2)52-22-13-14-23-54(52)81-67/h13-16,18-23,25-30,33-34,43,55-56,58-59,66,69,84,100H,10-12,17,24,31-32,35-42H2,1-9H3,(H,79,106)(H,80,91)(H,83,99)(H,95,96)(H,97,98)(H2,76,78,104)(H2,77,82,105)/t55-,56+,58+,59?,66+,69?/m1/s1. The number of carbonyl (C=O) groups excluding carboxylic acids is 11. The Bertz CT molecular complexity index is 4560. The lowest BCUT2D eigenvalue weighted by molar-refractivity contribution is -0.170. The summed E-state index contributed by atoms with van der Waals surface area (Å²) in [6.45, 7) is 6.76. The first-order valence-corrected chi connectivity index (χ1v) is 37.3. The highest BCUT2D eigenvalue weighted by Crippen LogP contribution is 2.41. The Balaban J connectivity index is 0.753. The van der Waals surface area contributed by atoms with Gasteiger partial charge < -0.3 is 91.4 Å². The van der Waals surface area contributed by atoms with Crippen LogP contribution < -0.4 is 41.9 Å². The monoisotopic (exact) mass is 1560 g/mol. The van der Waals surface area contributed by atoms with Gasteiger partial charge in [-0.3, -0.25) is 43.1 Å². The van der Waals surface area contributed by atoms with Gasteiger partial charge in [-0.2, -0.15) is 0 Å². The van der Waals surface area contributed by atoms with E-state index in [0.717, 1.165) is 64.3 Å². The number of likely N-dealkylation sites (tertiary alicyclic amines) is 1. The van der Waals surface area contributed by atoms with Crippen molar-refractivity contribution in [3.8, 4) is 0 Å². The topological polar surface area (TPSA) is 464 Å². The smallest absolute Gasteiger partial charge is 0.347 e. The van der Waals surface area contributed by atoms with Crippen LogP contribution in [0.15, 0.2) is 120 Å². The number of aliphatic carboxylic acids is 2. The normalized spacial score (nSPS) is 15.3. The fraction of sp³-hybridized carbons (Fsp3) is 0.413. The number of rotatable bonds is 34. The predicted octanol–water partition coefficient (Wildman–Crippen LogP) is 4.38. The van der Waals surface area contributed by atoms with Gasteiger partial charge in [-0.1, -0.05) is 77.1 Å². The Labute approximate surface area is 640 Å². The van der Waals surface area contributed by atoms with E-state index in [1.165, 1.54) is 101 Å². The molecule has 1 fully saturated rings. The van der Waals surface area contributed by atoms with Crippen molar-refractivity contribution < 1.29 is 95.5 Å². The molecule has 0 bridgehead atoms. The molecule has 4 aromatic carbocycles. The van der Waals surface area contributed by atoms with Crippen molar-refractivity contribution in [2.75, 3.05) is 94.7 Å². The highest BCUT2D eigenvalue weighted by atomic mass is 32.2. The van der Waals surface area contributed by atoms with E-state index in [0.29, 0.717) is 25.1 Å². The number of amides is 12. The van der Waals surface area contributed by atoms with Crippen molar-refractivity contribution in [3.05, 3.63) is 137 Å². The van der Waals surface area contributed by atoms with Gasteiger partial charge in [0.15, 0.2) is 12.3 Å². The van der Waals surface area contributed by atoms with Crippen LogP contribution in [-0.4, -0.2) is 240 Å². The number of likely N-dealkylation sites (N-methyl/N-ethyl adjacent to an activating group) is 4. The zero-order chi connectivity index (χ0) is 81.1. The van der Waals surface area contributed by atoms with Crippen LogP contribution in [-0.2, 0) is 80.4 Å². The third-order valence-electron chi connectivity index (χ3n) is 18.4. The number of anilines is 4. The van der Waals surface area contributed by atoms with E-state index in [1.807, 2.05) is 37.3 Å². The number of aliphatic hydroxyl groups is 1. The Kier molecular flexibility index (Phi) is 29.1. The van der Waals surface area contributed by atoms with Crippen molar-refractivity contribution in [2.45, 2.75) is 128 Å². The lowest BCUT2D eigenvalue weighted by Gasteiger charge is -2.31. The van der Waals surface area contributed by atoms with Crippen LogP contribution in [0.3, 0.4) is 0 Å². The molecule has 0 aliphatic carbocycles. The van der Waals surface area contributed by atoms with Gasteiger partial charge >= 0.3 is 42.0 Å². The number of ether oxygens (including phenoxy) is 2. The molecule has 1 aromatic heterocycles. The Hall–Kier alpha value is -12.2. The summed E-state index contributed by atoms with van der Waals surface area (Å²) in [6, 6.07) is 17.2. The first-order chi connectivity index (χ1) is 52.7. The number of benzene rings is 4. The first-order valence-electron chi connectivity index (χ1n) is 35.9. The Morgan fingerprint density at radius 3 is 1.93 bits per heavy atom. The predicted molar refractivity (Wildman–Crippen MR) is 405 cm³/mol. The number of aliphatic hydroxyl groups excluding tert-OH is 1. The summed E-state index contributed by atoms with van der Waals surface area (Å²) in [7, 11) is 0.829. The molecule has 111 heavy (non-hydrogen) atoms. The minimum atomic E-state index is -4.23. The van der Waals surface area contributed by atoms with Crippen molar-refractivity contribution in [1.29, 1.82) is 0 Å². The highest BCUT2D eigenvalue weighted by Gasteiger charge is 2.42. The number of aromatic nitrogens is 1. The van der Waals surface area contributed by atoms with Crippen molar-refractivity contribution in [1.82, 2.24) is 55.7 Å². The van der Waals surface area contributed by atoms with Crippen molar-refractivity contribution >= 4 is 127 Å². The van der Waals surface area contributed by atoms with Crippen molar-refractivity contribution in [2.24, 2.45) is 5.92 Å². The number of carboxylic acids is 2. The summed E-state index contributed by atoms with van der Waals surface area (Å²) in [4.78, 5) is 183. The molecule has 4 heterocycles. The minimum absolute atomic E-state index is 0.0167. The molecule has 594 valence electrons. The fourth-order valence-electron chi connectivity index (χ4n) is 12.4. The number of aryl methyl sites for hydroxylation is 1. The number of sulfonamides is 1. The molecule has 12 amide bonds. The van der Waals surface area contributed by atoms with Crippen LogP contribution in [0.4, 0.5) is 37.1 Å². The first kappa shape index (κ1) is 84.4. The van der Waals surface area contributed by atoms with Crippen LogP contribution >= 0.6 is 0 Å². The molecular formula is C75H93N15O20S. The van der Waals surface area contributed by atoms with Crippen LogP contribution in [0.2, 0.25) is 0 Å². The molecular weight excluding hydrogens is 1460 g/mol. The zero-order valence-electron chi connectivity index (χ0n) is 62.9. The van der Waals surface area contributed by atoms with Gasteiger partial charge in [-0.05, 0) is 116 Å². The number of urea groups is 3. The number of allylic oxidation sites excluding steroid dienone is 2. The molecule has 6 atom stereocenters. The summed E-state index contributed by atoms with van der Waals surface area (Å²) in [5.74, 6) is -10.2. The summed E-state index contributed by atoms with van der Waals surface area (Å²) < 4.78 is 40.5. The second kappa shape index (κ2) is 38.2. The van der Waals surface area contributed by atoms with Crippen molar-refractivity contribution in [3.63, 3.8) is 0 Å². The second-order valence-electron chi connectivity index (χ2n) is 27.2. The van der Waals surface area contributed by atoms with Crippen LogP contribution in [0.1, 0.15) is 102 Å². The van der Waals surface area contributed by atoms with E-state index in [4.69, 9.17) is 14.5 Å². The van der Waals surface area contributed by atoms with Gasteiger partial charge in [0, 0.05) is 87.1 Å². The summed E-state index contributed by atoms with van der Waals surface area (Å²) in [5.41, 5.74) is 5.75. The van der Waals surface area contributed by atoms with E-state index in [1.54, 1.807) is 31.7 Å². The van der Waals surface area contributed by atoms with Crippen LogP contribution in [0.5, 0.6) is 0 Å². The second-order valence-corrected chi connectivity index (χ2v) is 28.8. The number of carboxylic acid groups (broad SMARTS) is 2. The van der Waals surface area contributed by atoms with E-state index in [9.17, 15) is 86.1 Å². The molecule has 3 aliphatic heterocycles. The molecule has 0 spiro atoms. The van der Waals surface area contributed by atoms with Crippen LogP contribution in [0, 0.1) is 5.92 Å². The van der Waals surface area contributed by atoms with E-state index in [-0.39, 0.29) is 65.6 Å². The third kappa shape index (κ3) is 22.5. The number of hydrogen-bond donors (Lipinski definition) is 11. The zero-order valence-corrected chi connectivity index (χ0v) is 63.7. The molecule has 5 aromatic rings. The number of carbonyl (C=O) groups is 13. The maximum atomic E-state index is 14.1. The van der Waals surface area contributed by atoms with Gasteiger partial charge in [0.2, 0.25) is 35.4 Å². The summed E-state index contributed by atoms with van der Waals surface area (Å²) in [5, 5.41) is 50.0. The van der Waals surface area contributed by atoms with Gasteiger partial charge in [-0.15, -0.1) is 0 Å². The lowest BCUT2D eigenvalue weighted by atomic mass is 9.99. The minimum Gasteiger partial charge on any atom is -0.481 e. The van der Waals surface area contributed by atoms with Crippen LogP contribution in [0.25, 0.3) is 16.6 Å². The highest BCUT2D eigenvalue weighted by molar-refractivity contribution is 7.92. The quantitative estimate of drug-likeness (QED) is 0.0255. The Morgan fingerprint density at radius 2 is 1.29 bits per heavy atom. The largest absolute Gasteiger partial charge is 0.481 e. The molecule has 0 radical (unpaired) electrons. The van der Waals surface area contributed by atoms with E-state index < -0.39 is 169 Å². The maximum absolute atomic E-state index is 14.1. The Morgan fingerprint density at radius 1 is 0.667 bits per heavy atom. The number of fused-ring (bicyclic) bond motifs is 4. The van der Waals surface area contributed by atoms with E-state index in [2.05, 4.69) is 48.9 Å². The van der Waals surface area contributed by atoms with Gasteiger partial charge in [0.05, 0.1) is 60.3 Å². The number of para-hydroxylation sites is 1. The molecule has 36 heteroatoms. The maximum Gasteiger partial charge on any atom is 0.347 e. The number of hydrogen-bond acceptors (Lipinski definition) is 20. The van der Waals surface area contributed by atoms with E-state index >= 15 is 0 Å². The number of esters is 2. The number of nitrogens with one attached hydrogen (secondary N) is 8. The SMILES string of the molecule is CCCNC(=O)Nc1cccc(S(=O)(=O)Nc2cccc([C@@H](CC(=O)O)NC(=O)Nc3ccc(NC(=O)N(C)CC(=O)N(C)CC(=O)N(C)CC(=O)N(C)CC(=O)N[C@@H](CC(=O)O)C(=O)N4CCC[C@H]4C(=O)N[C@H](C(=O)OC(CC)C(=O)OCC4=CC=C5c6nc7ccccc7c(CC)c6CN5C4O)C(C)C)cc3)c2)c1. The molecule has 8 rings (SSSR count). The molecule has 2 unspecified atom stereocenters. The number of pyridine rings is 1. The van der Waals surface area contributed by atoms with Gasteiger partial charge in [-0.25, -0.2) is 37.4 Å².